The van der Waals surface area contributed by atoms with Crippen molar-refractivity contribution in [3.8, 4) is 22.3 Å². The number of hydrogen-bond donors (Lipinski definition) is 2. The van der Waals surface area contributed by atoms with Crippen LogP contribution in [0.4, 0.5) is 11.4 Å². The highest BCUT2D eigenvalue weighted by molar-refractivity contribution is 6.09. The van der Waals surface area contributed by atoms with Gasteiger partial charge in [0.2, 0.25) is 0 Å². The molecule has 0 bridgehead atoms. The first kappa shape index (κ1) is 29.0. The first-order chi connectivity index (χ1) is 19.6. The van der Waals surface area contributed by atoms with Crippen LogP contribution in [0.3, 0.4) is 0 Å². The molecular weight excluding hydrogens is 518 g/mol. The lowest BCUT2D eigenvalue weighted by Crippen LogP contribution is -2.34. The Labute approximate surface area is 239 Å². The lowest BCUT2D eigenvalue weighted by molar-refractivity contribution is -0.155. The van der Waals surface area contributed by atoms with Crippen molar-refractivity contribution in [1.82, 2.24) is 4.98 Å². The van der Waals surface area contributed by atoms with Gasteiger partial charge in [-0.05, 0) is 63.1 Å². The van der Waals surface area contributed by atoms with Crippen LogP contribution in [0.5, 0.6) is 0 Å². The van der Waals surface area contributed by atoms with E-state index in [9.17, 15) is 14.4 Å². The van der Waals surface area contributed by atoms with Gasteiger partial charge in [-0.1, -0.05) is 54.6 Å². The summed E-state index contributed by atoms with van der Waals surface area (Å²) in [5, 5.41) is 6.09. The number of ether oxygens (including phenoxy) is 2. The van der Waals surface area contributed by atoms with Crippen molar-refractivity contribution < 1.29 is 23.9 Å². The first-order valence-corrected chi connectivity index (χ1v) is 13.2. The van der Waals surface area contributed by atoms with E-state index < -0.39 is 23.5 Å². The number of amides is 1. The van der Waals surface area contributed by atoms with E-state index in [4.69, 9.17) is 9.47 Å². The Kier molecular flexibility index (Phi) is 8.82. The van der Waals surface area contributed by atoms with E-state index in [1.54, 1.807) is 37.4 Å². The highest BCUT2D eigenvalue weighted by atomic mass is 16.6. The number of hydrogen-bond acceptors (Lipinski definition) is 7. The minimum atomic E-state index is -0.617. The van der Waals surface area contributed by atoms with Gasteiger partial charge in [0.25, 0.3) is 5.91 Å². The fourth-order valence-electron chi connectivity index (χ4n) is 4.19. The third-order valence-corrected chi connectivity index (χ3v) is 6.15. The van der Waals surface area contributed by atoms with Crippen molar-refractivity contribution in [2.75, 3.05) is 17.7 Å². The topological polar surface area (TPSA) is 107 Å². The molecule has 1 unspecified atom stereocenters. The SMILES string of the molecule is COC(=O)c1ccc(-c2ccccc2NC(C)C(=O)OC(C)(C)C)cc1NC(=O)c1cncc(-c2ccccc2)c1. The van der Waals surface area contributed by atoms with Crippen LogP contribution < -0.4 is 10.6 Å². The summed E-state index contributed by atoms with van der Waals surface area (Å²) in [6.07, 6.45) is 3.16. The first-order valence-electron chi connectivity index (χ1n) is 13.2. The molecule has 0 spiro atoms. The van der Waals surface area contributed by atoms with Gasteiger partial charge in [0.05, 0.1) is 23.9 Å². The summed E-state index contributed by atoms with van der Waals surface area (Å²) in [6.45, 7) is 7.18. The number of nitrogens with one attached hydrogen (secondary N) is 2. The molecule has 8 nitrogen and oxygen atoms in total. The molecule has 1 atom stereocenters. The Morgan fingerprint density at radius 3 is 2.22 bits per heavy atom. The predicted octanol–water partition coefficient (Wildman–Crippen LogP) is 6.60. The number of benzene rings is 3. The molecule has 0 fully saturated rings. The average Bonchev–Trinajstić information content (AvgIpc) is 2.96. The zero-order chi connectivity index (χ0) is 29.6. The van der Waals surface area contributed by atoms with Gasteiger partial charge in [-0.25, -0.2) is 9.59 Å². The predicted molar refractivity (Wildman–Crippen MR) is 160 cm³/mol. The number of nitrogens with zero attached hydrogens (tertiary/aromatic N) is 1. The summed E-state index contributed by atoms with van der Waals surface area (Å²) in [5.41, 5.74) is 4.08. The van der Waals surface area contributed by atoms with Crippen molar-refractivity contribution in [1.29, 1.82) is 0 Å². The van der Waals surface area contributed by atoms with Crippen LogP contribution in [-0.4, -0.2) is 41.6 Å². The molecule has 3 aromatic carbocycles. The highest BCUT2D eigenvalue weighted by Crippen LogP contribution is 2.32. The Hall–Kier alpha value is -4.98. The fourth-order valence-corrected chi connectivity index (χ4v) is 4.19. The maximum Gasteiger partial charge on any atom is 0.339 e. The number of esters is 2. The second-order valence-corrected chi connectivity index (χ2v) is 10.5. The summed E-state index contributed by atoms with van der Waals surface area (Å²) < 4.78 is 10.5. The number of pyridine rings is 1. The molecule has 0 saturated carbocycles. The van der Waals surface area contributed by atoms with Gasteiger partial charge in [0.15, 0.2) is 0 Å². The van der Waals surface area contributed by atoms with E-state index in [0.29, 0.717) is 16.8 Å². The molecular formula is C33H33N3O5. The summed E-state index contributed by atoms with van der Waals surface area (Å²) in [7, 11) is 1.28. The molecule has 1 heterocycles. The molecule has 2 N–H and O–H groups in total. The van der Waals surface area contributed by atoms with E-state index in [1.165, 1.54) is 13.3 Å². The zero-order valence-electron chi connectivity index (χ0n) is 23.7. The van der Waals surface area contributed by atoms with Crippen LogP contribution in [0.1, 0.15) is 48.4 Å². The molecule has 4 rings (SSSR count). The number of para-hydroxylation sites is 1. The number of carbonyl (C=O) groups is 3. The summed E-state index contributed by atoms with van der Waals surface area (Å²) in [6, 6.07) is 23.3. The molecule has 210 valence electrons. The van der Waals surface area contributed by atoms with E-state index >= 15 is 0 Å². The van der Waals surface area contributed by atoms with Crippen molar-refractivity contribution in [2.45, 2.75) is 39.3 Å². The molecule has 0 saturated heterocycles. The summed E-state index contributed by atoms with van der Waals surface area (Å²) in [4.78, 5) is 42.8. The molecule has 0 aliphatic carbocycles. The normalized spacial score (nSPS) is 11.7. The van der Waals surface area contributed by atoms with Crippen molar-refractivity contribution >= 4 is 29.2 Å². The second-order valence-electron chi connectivity index (χ2n) is 10.5. The van der Waals surface area contributed by atoms with Crippen molar-refractivity contribution in [3.63, 3.8) is 0 Å². The molecule has 0 radical (unpaired) electrons. The van der Waals surface area contributed by atoms with Gasteiger partial charge in [0.1, 0.15) is 11.6 Å². The summed E-state index contributed by atoms with van der Waals surface area (Å²) >= 11 is 0. The minimum Gasteiger partial charge on any atom is -0.465 e. The Morgan fingerprint density at radius 1 is 0.805 bits per heavy atom. The van der Waals surface area contributed by atoms with Gasteiger partial charge >= 0.3 is 11.9 Å². The molecule has 0 aliphatic rings. The molecule has 8 heteroatoms. The molecule has 0 aliphatic heterocycles. The lowest BCUT2D eigenvalue weighted by Gasteiger charge is -2.24. The van der Waals surface area contributed by atoms with Crippen LogP contribution in [0.15, 0.2) is 91.3 Å². The van der Waals surface area contributed by atoms with Gasteiger partial charge in [-0.2, -0.15) is 0 Å². The van der Waals surface area contributed by atoms with Gasteiger partial charge in [-0.3, -0.25) is 9.78 Å². The molecule has 41 heavy (non-hydrogen) atoms. The Balaban J connectivity index is 1.65. The maximum absolute atomic E-state index is 13.3. The average molecular weight is 552 g/mol. The van der Waals surface area contributed by atoms with Crippen LogP contribution >= 0.6 is 0 Å². The zero-order valence-corrected chi connectivity index (χ0v) is 23.7. The maximum atomic E-state index is 13.3. The van der Waals surface area contributed by atoms with E-state index in [0.717, 1.165) is 16.7 Å². The van der Waals surface area contributed by atoms with Crippen molar-refractivity contribution in [3.05, 3.63) is 102 Å². The van der Waals surface area contributed by atoms with Gasteiger partial charge in [0, 0.05) is 29.2 Å². The van der Waals surface area contributed by atoms with E-state index in [1.807, 2.05) is 75.4 Å². The minimum absolute atomic E-state index is 0.198. The third-order valence-electron chi connectivity index (χ3n) is 6.15. The fraction of sp³-hybridized carbons (Fsp3) is 0.212. The highest BCUT2D eigenvalue weighted by Gasteiger charge is 2.23. The smallest absolute Gasteiger partial charge is 0.339 e. The lowest BCUT2D eigenvalue weighted by atomic mass is 9.99. The quantitative estimate of drug-likeness (QED) is 0.238. The largest absolute Gasteiger partial charge is 0.465 e. The van der Waals surface area contributed by atoms with Crippen LogP contribution in [0.2, 0.25) is 0 Å². The van der Waals surface area contributed by atoms with Crippen LogP contribution in [0, 0.1) is 0 Å². The molecule has 1 aromatic heterocycles. The number of methoxy groups -OCH3 is 1. The van der Waals surface area contributed by atoms with Gasteiger partial charge in [-0.15, -0.1) is 0 Å². The monoisotopic (exact) mass is 551 g/mol. The van der Waals surface area contributed by atoms with Crippen LogP contribution in [-0.2, 0) is 14.3 Å². The number of anilines is 2. The second kappa shape index (κ2) is 12.5. The number of carbonyl (C=O) groups excluding carboxylic acids is 3. The van der Waals surface area contributed by atoms with Gasteiger partial charge < -0.3 is 20.1 Å². The van der Waals surface area contributed by atoms with Crippen molar-refractivity contribution in [2.24, 2.45) is 0 Å². The number of aromatic nitrogens is 1. The van der Waals surface area contributed by atoms with E-state index in [-0.39, 0.29) is 17.2 Å². The van der Waals surface area contributed by atoms with Crippen LogP contribution in [0.25, 0.3) is 22.3 Å². The van der Waals surface area contributed by atoms with E-state index in [2.05, 4.69) is 15.6 Å². The third kappa shape index (κ3) is 7.36. The standard InChI is InChI=1S/C33H33N3O5/c1-21(31(38)41-33(2,3)4)35-28-14-10-9-13-26(28)23-15-16-27(32(39)40-5)29(18-23)36-30(37)25-17-24(19-34-20-25)22-11-7-6-8-12-22/h6-21,35H,1-5H3,(H,36,37). The number of rotatable bonds is 8. The Morgan fingerprint density at radius 2 is 1.51 bits per heavy atom. The summed E-state index contributed by atoms with van der Waals surface area (Å²) in [5.74, 6) is -1.40. The molecule has 4 aromatic rings. The Bertz CT molecular complexity index is 1560. The molecule has 1 amide bonds.